The number of hydrogen-bond donors (Lipinski definition) is 0. The first-order valence-corrected chi connectivity index (χ1v) is 10.00. The van der Waals surface area contributed by atoms with E-state index in [0.717, 1.165) is 35.3 Å². The minimum absolute atomic E-state index is 0.177. The number of aryl methyl sites for hydroxylation is 1. The van der Waals surface area contributed by atoms with Crippen molar-refractivity contribution in [2.45, 2.75) is 57.3 Å². The van der Waals surface area contributed by atoms with Crippen LogP contribution >= 0.6 is 11.8 Å². The van der Waals surface area contributed by atoms with Gasteiger partial charge >= 0.3 is 0 Å². The Labute approximate surface area is 158 Å². The fraction of sp³-hybridized carbons (Fsp3) is 0.526. The van der Waals surface area contributed by atoms with E-state index >= 15 is 0 Å². The summed E-state index contributed by atoms with van der Waals surface area (Å²) in [6.45, 7) is 6.20. The van der Waals surface area contributed by atoms with Crippen LogP contribution in [0.4, 0.5) is 0 Å². The molecule has 2 atom stereocenters. The number of piperidine rings is 1. The van der Waals surface area contributed by atoms with Gasteiger partial charge < -0.3 is 9.64 Å². The summed E-state index contributed by atoms with van der Waals surface area (Å²) in [6.07, 6.45) is 3.37. The maximum absolute atomic E-state index is 12.8. The molecular weight excluding hydrogens is 348 g/mol. The number of methoxy groups -OCH3 is 1. The van der Waals surface area contributed by atoms with Gasteiger partial charge in [-0.2, -0.15) is 0 Å². The number of hydrogen-bond acceptors (Lipinski definition) is 5. The van der Waals surface area contributed by atoms with E-state index in [-0.39, 0.29) is 5.91 Å². The molecule has 0 aliphatic carbocycles. The van der Waals surface area contributed by atoms with Gasteiger partial charge in [0, 0.05) is 17.8 Å². The summed E-state index contributed by atoms with van der Waals surface area (Å²) in [5.41, 5.74) is 0.961. The molecule has 0 spiro atoms. The van der Waals surface area contributed by atoms with Crippen LogP contribution in [0, 0.1) is 6.92 Å². The standard InChI is InChI=1S/C19H26N4O2S/c1-13-6-5-7-14(2)22(13)18(24)12-26-19-21-20-15(3)23(19)16-8-10-17(25-4)11-9-16/h8-11,13-14H,5-7,12H2,1-4H3/t13-,14+. The van der Waals surface area contributed by atoms with Crippen LogP contribution in [0.3, 0.4) is 0 Å². The van der Waals surface area contributed by atoms with Gasteiger partial charge in [-0.3, -0.25) is 9.36 Å². The first-order valence-electron chi connectivity index (χ1n) is 9.01. The van der Waals surface area contributed by atoms with Crippen molar-refractivity contribution in [3.05, 3.63) is 30.1 Å². The molecule has 1 aliphatic heterocycles. The lowest BCUT2D eigenvalue weighted by Crippen LogP contribution is -2.48. The van der Waals surface area contributed by atoms with Crippen LogP contribution in [0.5, 0.6) is 5.75 Å². The number of ether oxygens (including phenoxy) is 1. The Balaban J connectivity index is 1.73. The summed E-state index contributed by atoms with van der Waals surface area (Å²) in [5, 5.41) is 9.19. The highest BCUT2D eigenvalue weighted by Gasteiger charge is 2.29. The van der Waals surface area contributed by atoms with Crippen molar-refractivity contribution in [1.29, 1.82) is 0 Å². The van der Waals surface area contributed by atoms with Gasteiger partial charge in [0.05, 0.1) is 12.9 Å². The fourth-order valence-corrected chi connectivity index (χ4v) is 4.45. The van der Waals surface area contributed by atoms with E-state index in [1.54, 1.807) is 7.11 Å². The quantitative estimate of drug-likeness (QED) is 0.750. The Hall–Kier alpha value is -2.02. The normalized spacial score (nSPS) is 20.2. The predicted octanol–water partition coefficient (Wildman–Crippen LogP) is 3.47. The Bertz CT molecular complexity index is 749. The van der Waals surface area contributed by atoms with E-state index in [2.05, 4.69) is 24.0 Å². The molecule has 26 heavy (non-hydrogen) atoms. The molecule has 2 aromatic rings. The summed E-state index contributed by atoms with van der Waals surface area (Å²) in [7, 11) is 1.65. The van der Waals surface area contributed by atoms with Crippen LogP contribution in [0.2, 0.25) is 0 Å². The van der Waals surface area contributed by atoms with Crippen LogP contribution in [-0.2, 0) is 4.79 Å². The summed E-state index contributed by atoms with van der Waals surface area (Å²) in [6, 6.07) is 8.38. The van der Waals surface area contributed by atoms with Crippen molar-refractivity contribution in [1.82, 2.24) is 19.7 Å². The van der Waals surface area contributed by atoms with E-state index in [4.69, 9.17) is 4.74 Å². The fourth-order valence-electron chi connectivity index (χ4n) is 3.58. The summed E-state index contributed by atoms with van der Waals surface area (Å²) in [4.78, 5) is 14.8. The van der Waals surface area contributed by atoms with Gasteiger partial charge in [-0.05, 0) is 64.3 Å². The predicted molar refractivity (Wildman–Crippen MR) is 103 cm³/mol. The van der Waals surface area contributed by atoms with E-state index in [1.165, 1.54) is 18.2 Å². The second kappa shape index (κ2) is 8.12. The van der Waals surface area contributed by atoms with Crippen LogP contribution in [0.1, 0.15) is 38.9 Å². The SMILES string of the molecule is COc1ccc(-n2c(C)nnc2SCC(=O)N2[C@H](C)CCC[C@@H]2C)cc1. The van der Waals surface area contributed by atoms with Gasteiger partial charge in [-0.25, -0.2) is 0 Å². The summed E-state index contributed by atoms with van der Waals surface area (Å²) < 4.78 is 7.19. The lowest BCUT2D eigenvalue weighted by Gasteiger charge is -2.39. The number of aromatic nitrogens is 3. The largest absolute Gasteiger partial charge is 0.497 e. The Morgan fingerprint density at radius 2 is 1.85 bits per heavy atom. The summed E-state index contributed by atoms with van der Waals surface area (Å²) >= 11 is 1.45. The molecule has 0 bridgehead atoms. The molecule has 0 unspecified atom stereocenters. The van der Waals surface area contributed by atoms with Crippen LogP contribution in [0.25, 0.3) is 5.69 Å². The molecule has 1 aliphatic rings. The molecule has 0 N–H and O–H groups in total. The minimum atomic E-state index is 0.177. The molecule has 1 aromatic heterocycles. The lowest BCUT2D eigenvalue weighted by atomic mass is 9.98. The zero-order valence-corrected chi connectivity index (χ0v) is 16.6. The molecule has 1 amide bonds. The second-order valence-corrected chi connectivity index (χ2v) is 7.72. The first-order chi connectivity index (χ1) is 12.5. The highest BCUT2D eigenvalue weighted by atomic mass is 32.2. The molecule has 6 nitrogen and oxygen atoms in total. The molecule has 1 fully saturated rings. The zero-order chi connectivity index (χ0) is 18.7. The monoisotopic (exact) mass is 374 g/mol. The Kier molecular flexibility index (Phi) is 5.86. The van der Waals surface area contributed by atoms with Crippen LogP contribution in [-0.4, -0.2) is 50.5 Å². The number of benzene rings is 1. The highest BCUT2D eigenvalue weighted by molar-refractivity contribution is 7.99. The van der Waals surface area contributed by atoms with Crippen molar-refractivity contribution in [3.8, 4) is 11.4 Å². The van der Waals surface area contributed by atoms with E-state index in [9.17, 15) is 4.79 Å². The van der Waals surface area contributed by atoms with Gasteiger partial charge in [0.1, 0.15) is 11.6 Å². The summed E-state index contributed by atoms with van der Waals surface area (Å²) in [5.74, 6) is 2.15. The van der Waals surface area contributed by atoms with Gasteiger partial charge in [0.2, 0.25) is 5.91 Å². The third-order valence-electron chi connectivity index (χ3n) is 4.93. The molecule has 0 radical (unpaired) electrons. The van der Waals surface area contributed by atoms with E-state index < -0.39 is 0 Å². The van der Waals surface area contributed by atoms with Crippen molar-refractivity contribution < 1.29 is 9.53 Å². The molecule has 2 heterocycles. The smallest absolute Gasteiger partial charge is 0.233 e. The van der Waals surface area contributed by atoms with Crippen molar-refractivity contribution in [2.24, 2.45) is 0 Å². The topological polar surface area (TPSA) is 60.2 Å². The van der Waals surface area contributed by atoms with Crippen LogP contribution < -0.4 is 4.74 Å². The Morgan fingerprint density at radius 3 is 2.46 bits per heavy atom. The molecule has 0 saturated carbocycles. The van der Waals surface area contributed by atoms with Crippen molar-refractivity contribution >= 4 is 17.7 Å². The number of nitrogens with zero attached hydrogens (tertiary/aromatic N) is 4. The Morgan fingerprint density at radius 1 is 1.19 bits per heavy atom. The molecule has 140 valence electrons. The van der Waals surface area contributed by atoms with Gasteiger partial charge in [0.25, 0.3) is 0 Å². The average Bonchev–Trinajstić information content (AvgIpc) is 3.00. The minimum Gasteiger partial charge on any atom is -0.497 e. The van der Waals surface area contributed by atoms with Crippen LogP contribution in [0.15, 0.2) is 29.4 Å². The lowest BCUT2D eigenvalue weighted by molar-refractivity contribution is -0.134. The third-order valence-corrected chi connectivity index (χ3v) is 5.85. The van der Waals surface area contributed by atoms with Crippen molar-refractivity contribution in [2.75, 3.05) is 12.9 Å². The van der Waals surface area contributed by atoms with Gasteiger partial charge in [0.15, 0.2) is 5.16 Å². The maximum Gasteiger partial charge on any atom is 0.233 e. The second-order valence-electron chi connectivity index (χ2n) is 6.78. The number of amides is 1. The number of carbonyl (C=O) groups excluding carboxylic acids is 1. The van der Waals surface area contributed by atoms with Gasteiger partial charge in [-0.1, -0.05) is 11.8 Å². The highest BCUT2D eigenvalue weighted by Crippen LogP contribution is 2.27. The molecule has 3 rings (SSSR count). The van der Waals surface area contributed by atoms with Gasteiger partial charge in [-0.15, -0.1) is 10.2 Å². The van der Waals surface area contributed by atoms with E-state index in [1.807, 2.05) is 40.7 Å². The zero-order valence-electron chi connectivity index (χ0n) is 15.8. The van der Waals surface area contributed by atoms with E-state index in [0.29, 0.717) is 17.8 Å². The number of carbonyl (C=O) groups is 1. The number of likely N-dealkylation sites (tertiary alicyclic amines) is 1. The molecular formula is C19H26N4O2S. The average molecular weight is 375 g/mol. The maximum atomic E-state index is 12.8. The first kappa shape index (κ1) is 18.8. The third kappa shape index (κ3) is 3.87. The number of thioether (sulfide) groups is 1. The molecule has 1 aromatic carbocycles. The molecule has 1 saturated heterocycles. The van der Waals surface area contributed by atoms with Crippen molar-refractivity contribution in [3.63, 3.8) is 0 Å². The number of rotatable bonds is 5. The molecule has 7 heteroatoms.